The molecule has 0 aliphatic rings. The lowest BCUT2D eigenvalue weighted by atomic mass is 10.1. The minimum atomic E-state index is 1.28. The molecule has 0 saturated heterocycles. The lowest BCUT2D eigenvalue weighted by molar-refractivity contribution is 0.973. The van der Waals surface area contributed by atoms with Crippen molar-refractivity contribution in [3.8, 4) is 11.3 Å². The van der Waals surface area contributed by atoms with E-state index in [1.165, 1.54) is 33.3 Å². The maximum Gasteiger partial charge on any atom is 0.0512 e. The molecule has 1 heteroatoms. The molecule has 0 unspecified atom stereocenters. The fourth-order valence-corrected chi connectivity index (χ4v) is 2.62. The molecule has 18 heavy (non-hydrogen) atoms. The molecule has 0 N–H and O–H groups in total. The minimum Gasteiger partial charge on any atom is -0.343 e. The van der Waals surface area contributed by atoms with Gasteiger partial charge in [0.1, 0.15) is 0 Å². The Morgan fingerprint density at radius 3 is 2.28 bits per heavy atom. The number of para-hydroxylation sites is 1. The fourth-order valence-electron chi connectivity index (χ4n) is 2.62. The van der Waals surface area contributed by atoms with Crippen molar-refractivity contribution >= 4 is 10.9 Å². The second-order valence-corrected chi connectivity index (χ2v) is 4.97. The quantitative estimate of drug-likeness (QED) is 0.586. The highest BCUT2D eigenvalue weighted by molar-refractivity contribution is 5.89. The molecule has 3 rings (SSSR count). The number of rotatable bonds is 1. The van der Waals surface area contributed by atoms with Crippen molar-refractivity contribution in [3.63, 3.8) is 0 Å². The molecule has 0 amide bonds. The van der Waals surface area contributed by atoms with Crippen LogP contribution in [0, 0.1) is 13.8 Å². The lowest BCUT2D eigenvalue weighted by Crippen LogP contribution is -1.92. The summed E-state index contributed by atoms with van der Waals surface area (Å²) in [6, 6.07) is 17.5. The minimum absolute atomic E-state index is 1.28. The molecule has 1 heterocycles. The van der Waals surface area contributed by atoms with E-state index in [9.17, 15) is 0 Å². The zero-order chi connectivity index (χ0) is 12.7. The van der Waals surface area contributed by atoms with Gasteiger partial charge < -0.3 is 4.57 Å². The van der Waals surface area contributed by atoms with Gasteiger partial charge in [-0.05, 0) is 31.0 Å². The van der Waals surface area contributed by atoms with Gasteiger partial charge in [0.25, 0.3) is 0 Å². The summed E-state index contributed by atoms with van der Waals surface area (Å²) < 4.78 is 2.29. The van der Waals surface area contributed by atoms with Crippen LogP contribution in [0.15, 0.2) is 48.5 Å². The highest BCUT2D eigenvalue weighted by Gasteiger charge is 2.08. The van der Waals surface area contributed by atoms with Gasteiger partial charge in [-0.2, -0.15) is 0 Å². The number of aryl methyl sites for hydroxylation is 3. The summed E-state index contributed by atoms with van der Waals surface area (Å²) in [5.41, 5.74) is 6.51. The van der Waals surface area contributed by atoms with Crippen LogP contribution in [0.25, 0.3) is 22.2 Å². The monoisotopic (exact) mass is 235 g/mol. The summed E-state index contributed by atoms with van der Waals surface area (Å²) in [6.45, 7) is 4.29. The molecule has 0 atom stereocenters. The summed E-state index contributed by atoms with van der Waals surface area (Å²) in [5.74, 6) is 0. The van der Waals surface area contributed by atoms with Crippen LogP contribution in [0.5, 0.6) is 0 Å². The summed E-state index contributed by atoms with van der Waals surface area (Å²) in [5, 5.41) is 1.31. The maximum atomic E-state index is 2.29. The summed E-state index contributed by atoms with van der Waals surface area (Å²) >= 11 is 0. The van der Waals surface area contributed by atoms with E-state index in [0.29, 0.717) is 0 Å². The van der Waals surface area contributed by atoms with Crippen molar-refractivity contribution in [2.45, 2.75) is 13.8 Å². The van der Waals surface area contributed by atoms with E-state index in [4.69, 9.17) is 0 Å². The third-order valence-corrected chi connectivity index (χ3v) is 3.61. The molecular formula is C17H17N. The zero-order valence-electron chi connectivity index (χ0n) is 11.1. The predicted molar refractivity (Wildman–Crippen MR) is 77.8 cm³/mol. The molecule has 0 bridgehead atoms. The molecule has 1 aromatic heterocycles. The number of benzene rings is 2. The first kappa shape index (κ1) is 11.1. The van der Waals surface area contributed by atoms with E-state index in [-0.39, 0.29) is 0 Å². The van der Waals surface area contributed by atoms with Crippen LogP contribution < -0.4 is 0 Å². The van der Waals surface area contributed by atoms with Crippen molar-refractivity contribution < 1.29 is 0 Å². The Labute approximate surface area is 108 Å². The van der Waals surface area contributed by atoms with Gasteiger partial charge in [-0.15, -0.1) is 0 Å². The molecule has 0 radical (unpaired) electrons. The SMILES string of the molecule is Cc1ccc(-c2cc3cccc(C)c3n2C)cc1. The van der Waals surface area contributed by atoms with Crippen molar-refractivity contribution in [1.29, 1.82) is 0 Å². The van der Waals surface area contributed by atoms with Gasteiger partial charge in [-0.25, -0.2) is 0 Å². The average Bonchev–Trinajstić information content (AvgIpc) is 2.69. The van der Waals surface area contributed by atoms with Gasteiger partial charge in [0, 0.05) is 18.1 Å². The fraction of sp³-hybridized carbons (Fsp3) is 0.176. The third kappa shape index (κ3) is 1.63. The second kappa shape index (κ2) is 4.02. The first-order chi connectivity index (χ1) is 8.66. The van der Waals surface area contributed by atoms with Crippen LogP contribution in [0.2, 0.25) is 0 Å². The summed E-state index contributed by atoms with van der Waals surface area (Å²) in [7, 11) is 2.14. The van der Waals surface area contributed by atoms with Gasteiger partial charge >= 0.3 is 0 Å². The van der Waals surface area contributed by atoms with Crippen LogP contribution in [0.1, 0.15) is 11.1 Å². The standard InChI is InChI=1S/C17H17N/c1-12-7-9-14(10-8-12)16-11-15-6-4-5-13(2)17(15)18(16)3/h4-11H,1-3H3. The molecule has 2 aromatic carbocycles. The Morgan fingerprint density at radius 1 is 0.889 bits per heavy atom. The largest absolute Gasteiger partial charge is 0.343 e. The molecular weight excluding hydrogens is 218 g/mol. The third-order valence-electron chi connectivity index (χ3n) is 3.61. The van der Waals surface area contributed by atoms with E-state index in [2.05, 4.69) is 74.0 Å². The Hall–Kier alpha value is -2.02. The average molecular weight is 235 g/mol. The van der Waals surface area contributed by atoms with E-state index in [1.807, 2.05) is 0 Å². The van der Waals surface area contributed by atoms with Crippen molar-refractivity contribution in [2.75, 3.05) is 0 Å². The Kier molecular flexibility index (Phi) is 2.48. The van der Waals surface area contributed by atoms with E-state index < -0.39 is 0 Å². The molecule has 3 aromatic rings. The molecule has 0 saturated carbocycles. The Morgan fingerprint density at radius 2 is 1.61 bits per heavy atom. The van der Waals surface area contributed by atoms with Crippen molar-refractivity contribution in [3.05, 3.63) is 59.7 Å². The number of fused-ring (bicyclic) bond motifs is 1. The number of aromatic nitrogens is 1. The number of nitrogens with zero attached hydrogens (tertiary/aromatic N) is 1. The van der Waals surface area contributed by atoms with E-state index in [1.54, 1.807) is 0 Å². The van der Waals surface area contributed by atoms with Crippen molar-refractivity contribution in [2.24, 2.45) is 7.05 Å². The smallest absolute Gasteiger partial charge is 0.0512 e. The van der Waals surface area contributed by atoms with Gasteiger partial charge in [0.2, 0.25) is 0 Å². The maximum absolute atomic E-state index is 2.29. The van der Waals surface area contributed by atoms with Gasteiger partial charge in [-0.3, -0.25) is 0 Å². The highest BCUT2D eigenvalue weighted by Crippen LogP contribution is 2.29. The molecule has 0 aliphatic heterocycles. The van der Waals surface area contributed by atoms with Crippen LogP contribution in [-0.2, 0) is 7.05 Å². The molecule has 0 fully saturated rings. The normalized spacial score (nSPS) is 11.1. The molecule has 90 valence electrons. The van der Waals surface area contributed by atoms with E-state index in [0.717, 1.165) is 0 Å². The van der Waals surface area contributed by atoms with Gasteiger partial charge in [-0.1, -0.05) is 48.0 Å². The first-order valence-corrected chi connectivity index (χ1v) is 6.29. The van der Waals surface area contributed by atoms with Crippen LogP contribution in [-0.4, -0.2) is 4.57 Å². The predicted octanol–water partition coefficient (Wildman–Crippen LogP) is 4.46. The Bertz CT molecular complexity index is 702. The zero-order valence-corrected chi connectivity index (χ0v) is 11.1. The highest BCUT2D eigenvalue weighted by atomic mass is 14.9. The molecule has 0 aliphatic carbocycles. The van der Waals surface area contributed by atoms with Crippen LogP contribution in [0.3, 0.4) is 0 Å². The summed E-state index contributed by atoms with van der Waals surface area (Å²) in [4.78, 5) is 0. The molecule has 0 spiro atoms. The van der Waals surface area contributed by atoms with Gasteiger partial charge in [0.05, 0.1) is 5.52 Å². The topological polar surface area (TPSA) is 4.93 Å². The van der Waals surface area contributed by atoms with Crippen LogP contribution in [0.4, 0.5) is 0 Å². The first-order valence-electron chi connectivity index (χ1n) is 6.29. The van der Waals surface area contributed by atoms with E-state index >= 15 is 0 Å². The van der Waals surface area contributed by atoms with Crippen molar-refractivity contribution in [1.82, 2.24) is 4.57 Å². The van der Waals surface area contributed by atoms with Crippen LogP contribution >= 0.6 is 0 Å². The number of hydrogen-bond acceptors (Lipinski definition) is 0. The lowest BCUT2D eigenvalue weighted by Gasteiger charge is -2.06. The number of hydrogen-bond donors (Lipinski definition) is 0. The molecule has 1 nitrogen and oxygen atoms in total. The summed E-state index contributed by atoms with van der Waals surface area (Å²) in [6.07, 6.45) is 0. The van der Waals surface area contributed by atoms with Gasteiger partial charge in [0.15, 0.2) is 0 Å². The second-order valence-electron chi connectivity index (χ2n) is 4.97. The Balaban J connectivity index is 2.27.